The quantitative estimate of drug-likeness (QED) is 0.719. The Kier molecular flexibility index (Phi) is 3.96. The third-order valence-electron chi connectivity index (χ3n) is 4.36. The Morgan fingerprint density at radius 2 is 1.53 bits per heavy atom. The summed E-state index contributed by atoms with van der Waals surface area (Å²) in [5.74, 6) is 0. The van der Waals surface area contributed by atoms with Gasteiger partial charge in [-0.15, -0.1) is 0 Å². The fourth-order valence-corrected chi connectivity index (χ4v) is 3.44. The lowest BCUT2D eigenvalue weighted by atomic mass is 10.2. The van der Waals surface area contributed by atoms with Gasteiger partial charge in [0.25, 0.3) is 0 Å². The zero-order valence-electron chi connectivity index (χ0n) is 10.8. The number of piperidine rings is 1. The van der Waals surface area contributed by atoms with Crippen molar-refractivity contribution in [2.24, 2.45) is 0 Å². The molecule has 0 aromatic heterocycles. The summed E-state index contributed by atoms with van der Waals surface area (Å²) >= 11 is 0. The fraction of sp³-hybridized carbons (Fsp3) is 1.00. The normalized spacial score (nSPS) is 34.2. The predicted octanol–water partition coefficient (Wildman–Crippen LogP) is 1.14. The molecule has 1 atom stereocenters. The summed E-state index contributed by atoms with van der Waals surface area (Å²) in [5.41, 5.74) is 0. The summed E-state index contributed by atoms with van der Waals surface area (Å²) in [4.78, 5) is 2.63. The molecule has 0 aliphatic carbocycles. The number of rotatable bonds is 2. The third kappa shape index (κ3) is 2.65. The summed E-state index contributed by atoms with van der Waals surface area (Å²) in [6.07, 6.45) is 7.55. The van der Waals surface area contributed by atoms with Crippen molar-refractivity contribution < 1.29 is 4.74 Å². The summed E-state index contributed by atoms with van der Waals surface area (Å²) in [5, 5.41) is 5.28. The van der Waals surface area contributed by atoms with Crippen molar-refractivity contribution in [2.45, 2.75) is 38.3 Å². The highest BCUT2D eigenvalue weighted by Gasteiger charge is 2.34. The molecule has 3 aliphatic heterocycles. The minimum atomic E-state index is 0.664. The van der Waals surface area contributed by atoms with E-state index in [1.165, 1.54) is 51.7 Å². The number of nitrogens with zero attached hydrogens (tertiary/aromatic N) is 3. The molecule has 4 nitrogen and oxygen atoms in total. The van der Waals surface area contributed by atoms with Crippen LogP contribution in [0.2, 0.25) is 0 Å². The molecule has 0 saturated carbocycles. The van der Waals surface area contributed by atoms with Crippen LogP contribution in [0.15, 0.2) is 0 Å². The maximum atomic E-state index is 5.47. The lowest BCUT2D eigenvalue weighted by molar-refractivity contribution is -0.116. The van der Waals surface area contributed by atoms with Gasteiger partial charge in [-0.25, -0.2) is 10.0 Å². The first kappa shape index (κ1) is 11.9. The monoisotopic (exact) mass is 239 g/mol. The summed E-state index contributed by atoms with van der Waals surface area (Å²) < 4.78 is 5.47. The van der Waals surface area contributed by atoms with Crippen LogP contribution in [0, 0.1) is 0 Å². The Bertz CT molecular complexity index is 213. The summed E-state index contributed by atoms with van der Waals surface area (Å²) in [6.45, 7) is 7.91. The van der Waals surface area contributed by atoms with Crippen molar-refractivity contribution in [3.8, 4) is 0 Å². The van der Waals surface area contributed by atoms with Gasteiger partial charge in [0.15, 0.2) is 0 Å². The van der Waals surface area contributed by atoms with Gasteiger partial charge in [0.05, 0.1) is 19.4 Å². The van der Waals surface area contributed by atoms with E-state index in [2.05, 4.69) is 14.9 Å². The Morgan fingerprint density at radius 3 is 2.29 bits per heavy atom. The predicted molar refractivity (Wildman–Crippen MR) is 67.5 cm³/mol. The van der Waals surface area contributed by atoms with Crippen LogP contribution in [0.1, 0.15) is 32.1 Å². The Balaban J connectivity index is 1.61. The minimum Gasteiger partial charge on any atom is -0.379 e. The van der Waals surface area contributed by atoms with Crippen molar-refractivity contribution >= 4 is 0 Å². The van der Waals surface area contributed by atoms with E-state index in [0.29, 0.717) is 6.17 Å². The highest BCUT2D eigenvalue weighted by Crippen LogP contribution is 2.25. The van der Waals surface area contributed by atoms with Crippen LogP contribution in [0.5, 0.6) is 0 Å². The van der Waals surface area contributed by atoms with E-state index >= 15 is 0 Å². The fourth-order valence-electron chi connectivity index (χ4n) is 3.44. The molecule has 1 unspecified atom stereocenters. The highest BCUT2D eigenvalue weighted by molar-refractivity contribution is 4.81. The van der Waals surface area contributed by atoms with Gasteiger partial charge in [0, 0.05) is 32.7 Å². The average molecular weight is 239 g/mol. The van der Waals surface area contributed by atoms with E-state index in [0.717, 1.165) is 26.3 Å². The second-order valence-electron chi connectivity index (χ2n) is 5.45. The van der Waals surface area contributed by atoms with Crippen molar-refractivity contribution in [3.63, 3.8) is 0 Å². The molecule has 3 heterocycles. The lowest BCUT2D eigenvalue weighted by Crippen LogP contribution is -2.56. The van der Waals surface area contributed by atoms with E-state index in [1.807, 2.05) is 0 Å². The van der Waals surface area contributed by atoms with Crippen molar-refractivity contribution in [3.05, 3.63) is 0 Å². The van der Waals surface area contributed by atoms with Crippen molar-refractivity contribution in [1.82, 2.24) is 14.9 Å². The van der Waals surface area contributed by atoms with Crippen LogP contribution in [0.3, 0.4) is 0 Å². The van der Waals surface area contributed by atoms with Crippen LogP contribution in [0.25, 0.3) is 0 Å². The molecule has 3 aliphatic rings. The van der Waals surface area contributed by atoms with Gasteiger partial charge in [0.1, 0.15) is 0 Å². The average Bonchev–Trinajstić information content (AvgIpc) is 2.90. The van der Waals surface area contributed by atoms with E-state index in [-0.39, 0.29) is 0 Å². The Labute approximate surface area is 104 Å². The molecule has 0 bridgehead atoms. The number of morpholine rings is 1. The molecule has 3 saturated heterocycles. The molecule has 0 spiro atoms. The van der Waals surface area contributed by atoms with Crippen LogP contribution >= 0.6 is 0 Å². The standard InChI is InChI=1S/C13H25N3O/c1-2-6-15(7-3-1)16-8-4-5-13(16)14-9-11-17-12-10-14/h13H,1-12H2. The van der Waals surface area contributed by atoms with E-state index in [1.54, 1.807) is 0 Å². The lowest BCUT2D eigenvalue weighted by Gasteiger charge is -2.43. The van der Waals surface area contributed by atoms with E-state index in [9.17, 15) is 0 Å². The van der Waals surface area contributed by atoms with Gasteiger partial charge in [-0.3, -0.25) is 4.90 Å². The zero-order chi connectivity index (χ0) is 11.5. The smallest absolute Gasteiger partial charge is 0.0762 e. The Morgan fingerprint density at radius 1 is 0.765 bits per heavy atom. The molecule has 3 fully saturated rings. The second-order valence-corrected chi connectivity index (χ2v) is 5.45. The first-order valence-electron chi connectivity index (χ1n) is 7.28. The highest BCUT2D eigenvalue weighted by atomic mass is 16.5. The van der Waals surface area contributed by atoms with Gasteiger partial charge in [-0.05, 0) is 25.7 Å². The van der Waals surface area contributed by atoms with Crippen LogP contribution in [0.4, 0.5) is 0 Å². The van der Waals surface area contributed by atoms with Gasteiger partial charge in [-0.1, -0.05) is 6.42 Å². The molecule has 98 valence electrons. The number of hydrogen-bond acceptors (Lipinski definition) is 4. The maximum Gasteiger partial charge on any atom is 0.0762 e. The van der Waals surface area contributed by atoms with E-state index in [4.69, 9.17) is 4.74 Å². The molecule has 0 N–H and O–H groups in total. The minimum absolute atomic E-state index is 0.664. The first-order valence-corrected chi connectivity index (χ1v) is 7.28. The van der Waals surface area contributed by atoms with Crippen molar-refractivity contribution in [2.75, 3.05) is 45.9 Å². The number of ether oxygens (including phenoxy) is 1. The summed E-state index contributed by atoms with van der Waals surface area (Å²) in [6, 6.07) is 0. The first-order chi connectivity index (χ1) is 8.45. The molecule has 0 aromatic carbocycles. The SMILES string of the molecule is C1CCN(N2CCCC2N2CCOCC2)CC1. The number of hydrogen-bond donors (Lipinski definition) is 0. The Hall–Kier alpha value is -0.160. The molecule has 17 heavy (non-hydrogen) atoms. The molecule has 3 rings (SSSR count). The molecule has 4 heteroatoms. The zero-order valence-corrected chi connectivity index (χ0v) is 10.8. The van der Waals surface area contributed by atoms with Crippen LogP contribution < -0.4 is 0 Å². The maximum absolute atomic E-state index is 5.47. The number of hydrazine groups is 1. The van der Waals surface area contributed by atoms with Gasteiger partial charge >= 0.3 is 0 Å². The molecule has 0 amide bonds. The van der Waals surface area contributed by atoms with Crippen LogP contribution in [-0.4, -0.2) is 67.0 Å². The largest absolute Gasteiger partial charge is 0.379 e. The van der Waals surface area contributed by atoms with Gasteiger partial charge in [-0.2, -0.15) is 0 Å². The van der Waals surface area contributed by atoms with Gasteiger partial charge < -0.3 is 4.74 Å². The molecule has 0 radical (unpaired) electrons. The molecule has 0 aromatic rings. The van der Waals surface area contributed by atoms with Crippen LogP contribution in [-0.2, 0) is 4.74 Å². The molecular weight excluding hydrogens is 214 g/mol. The van der Waals surface area contributed by atoms with Gasteiger partial charge in [0.2, 0.25) is 0 Å². The third-order valence-corrected chi connectivity index (χ3v) is 4.36. The summed E-state index contributed by atoms with van der Waals surface area (Å²) in [7, 11) is 0. The second kappa shape index (κ2) is 5.65. The topological polar surface area (TPSA) is 19.0 Å². The van der Waals surface area contributed by atoms with E-state index < -0.39 is 0 Å². The molecular formula is C13H25N3O. The van der Waals surface area contributed by atoms with Crippen molar-refractivity contribution in [1.29, 1.82) is 0 Å².